The van der Waals surface area contributed by atoms with Crippen LogP contribution in [0.4, 0.5) is 0 Å². The second-order valence-electron chi connectivity index (χ2n) is 4.48. The Labute approximate surface area is 110 Å². The maximum atomic E-state index is 11.6. The van der Waals surface area contributed by atoms with Gasteiger partial charge in [-0.05, 0) is 42.8 Å². The van der Waals surface area contributed by atoms with Gasteiger partial charge in [0.05, 0.1) is 0 Å². The van der Waals surface area contributed by atoms with E-state index in [9.17, 15) is 4.79 Å². The minimum absolute atomic E-state index is 0.444. The third-order valence-electron chi connectivity index (χ3n) is 3.07. The van der Waals surface area contributed by atoms with Gasteiger partial charge in [-0.25, -0.2) is 4.98 Å². The number of benzene rings is 1. The van der Waals surface area contributed by atoms with Crippen LogP contribution in [0.25, 0.3) is 16.7 Å². The van der Waals surface area contributed by atoms with Crippen molar-refractivity contribution in [2.24, 2.45) is 5.73 Å². The van der Waals surface area contributed by atoms with E-state index in [0.717, 1.165) is 22.3 Å². The number of nitrogens with two attached hydrogens (primary N) is 1. The molecule has 0 atom stereocenters. The first-order chi connectivity index (χ1) is 9.16. The van der Waals surface area contributed by atoms with E-state index in [1.807, 2.05) is 43.3 Å². The van der Waals surface area contributed by atoms with Crippen LogP contribution >= 0.6 is 0 Å². The zero-order chi connectivity index (χ0) is 13.4. The highest BCUT2D eigenvalue weighted by Gasteiger charge is 2.15. The molecule has 2 aromatic heterocycles. The first-order valence-electron chi connectivity index (χ1n) is 6.00. The number of carbonyl (C=O) groups is 1. The van der Waals surface area contributed by atoms with E-state index < -0.39 is 5.91 Å². The van der Waals surface area contributed by atoms with Crippen molar-refractivity contribution in [3.63, 3.8) is 0 Å². The molecule has 19 heavy (non-hydrogen) atoms. The number of nitrogens with zero attached hydrogens (tertiary/aromatic N) is 2. The van der Waals surface area contributed by atoms with Crippen LogP contribution in [0.3, 0.4) is 0 Å². The molecule has 1 aromatic carbocycles. The Morgan fingerprint density at radius 3 is 2.79 bits per heavy atom. The van der Waals surface area contributed by atoms with Gasteiger partial charge in [0, 0.05) is 17.3 Å². The summed E-state index contributed by atoms with van der Waals surface area (Å²) in [6.07, 6.45) is 1.71. The van der Waals surface area contributed by atoms with Gasteiger partial charge in [0.15, 0.2) is 0 Å². The van der Waals surface area contributed by atoms with Crippen molar-refractivity contribution in [2.75, 3.05) is 0 Å². The molecule has 0 unspecified atom stereocenters. The zero-order valence-corrected chi connectivity index (χ0v) is 10.5. The van der Waals surface area contributed by atoms with Crippen molar-refractivity contribution in [1.29, 1.82) is 0 Å². The molecule has 94 valence electrons. The van der Waals surface area contributed by atoms with Gasteiger partial charge in [-0.1, -0.05) is 12.1 Å². The molecule has 4 nitrogen and oxygen atoms in total. The Morgan fingerprint density at radius 1 is 1.21 bits per heavy atom. The SMILES string of the molecule is Cc1cccc(-n2c(C(N)=O)cc3cccnc32)c1. The number of aryl methyl sites for hydroxylation is 1. The first kappa shape index (κ1) is 11.5. The lowest BCUT2D eigenvalue weighted by atomic mass is 10.2. The number of fused-ring (bicyclic) bond motifs is 1. The van der Waals surface area contributed by atoms with E-state index >= 15 is 0 Å². The summed E-state index contributed by atoms with van der Waals surface area (Å²) in [6, 6.07) is 13.4. The minimum Gasteiger partial charge on any atom is -0.364 e. The maximum absolute atomic E-state index is 11.6. The smallest absolute Gasteiger partial charge is 0.265 e. The molecular weight excluding hydrogens is 238 g/mol. The molecule has 4 heteroatoms. The fraction of sp³-hybridized carbons (Fsp3) is 0.0667. The van der Waals surface area contributed by atoms with Gasteiger partial charge in [0.25, 0.3) is 5.91 Å². The second kappa shape index (κ2) is 4.24. The molecule has 0 saturated heterocycles. The number of carbonyl (C=O) groups excluding carboxylic acids is 1. The van der Waals surface area contributed by atoms with E-state index in [4.69, 9.17) is 5.73 Å². The van der Waals surface area contributed by atoms with Crippen LogP contribution in [-0.2, 0) is 0 Å². The first-order valence-corrected chi connectivity index (χ1v) is 6.00. The zero-order valence-electron chi connectivity index (χ0n) is 10.5. The van der Waals surface area contributed by atoms with Crippen molar-refractivity contribution in [3.05, 3.63) is 59.9 Å². The summed E-state index contributed by atoms with van der Waals surface area (Å²) in [5.41, 5.74) is 8.66. The Bertz CT molecular complexity index is 774. The van der Waals surface area contributed by atoms with Crippen molar-refractivity contribution >= 4 is 16.9 Å². The van der Waals surface area contributed by atoms with Crippen molar-refractivity contribution in [2.45, 2.75) is 6.92 Å². The summed E-state index contributed by atoms with van der Waals surface area (Å²) in [4.78, 5) is 16.0. The van der Waals surface area contributed by atoms with Crippen LogP contribution in [0.15, 0.2) is 48.7 Å². The summed E-state index contributed by atoms with van der Waals surface area (Å²) >= 11 is 0. The number of aromatic nitrogens is 2. The molecule has 2 heterocycles. The third kappa shape index (κ3) is 1.87. The molecule has 0 aliphatic rings. The molecule has 0 fully saturated rings. The topological polar surface area (TPSA) is 60.9 Å². The maximum Gasteiger partial charge on any atom is 0.265 e. The van der Waals surface area contributed by atoms with E-state index in [0.29, 0.717) is 5.69 Å². The van der Waals surface area contributed by atoms with E-state index in [2.05, 4.69) is 4.98 Å². The van der Waals surface area contributed by atoms with Gasteiger partial charge in [-0.2, -0.15) is 0 Å². The minimum atomic E-state index is -0.459. The van der Waals surface area contributed by atoms with Crippen molar-refractivity contribution < 1.29 is 4.79 Å². The van der Waals surface area contributed by atoms with Crippen LogP contribution in [0.5, 0.6) is 0 Å². The van der Waals surface area contributed by atoms with Crippen LogP contribution < -0.4 is 5.73 Å². The number of primary amides is 1. The van der Waals surface area contributed by atoms with Crippen LogP contribution in [-0.4, -0.2) is 15.5 Å². The molecule has 3 rings (SSSR count). The van der Waals surface area contributed by atoms with E-state index in [1.54, 1.807) is 16.8 Å². The summed E-state index contributed by atoms with van der Waals surface area (Å²) < 4.78 is 1.80. The Kier molecular flexibility index (Phi) is 2.56. The second-order valence-corrected chi connectivity index (χ2v) is 4.48. The molecule has 0 radical (unpaired) electrons. The quantitative estimate of drug-likeness (QED) is 0.760. The standard InChI is InChI=1S/C15H13N3O/c1-10-4-2-6-12(8-10)18-13(14(16)19)9-11-5-3-7-17-15(11)18/h2-9H,1H3,(H2,16,19). The monoisotopic (exact) mass is 251 g/mol. The molecule has 0 bridgehead atoms. The van der Waals surface area contributed by atoms with E-state index in [1.165, 1.54) is 0 Å². The summed E-state index contributed by atoms with van der Waals surface area (Å²) in [7, 11) is 0. The lowest BCUT2D eigenvalue weighted by Gasteiger charge is -2.08. The van der Waals surface area contributed by atoms with E-state index in [-0.39, 0.29) is 0 Å². The number of pyridine rings is 1. The molecule has 3 aromatic rings. The van der Waals surface area contributed by atoms with Crippen LogP contribution in [0.2, 0.25) is 0 Å². The van der Waals surface area contributed by atoms with Crippen LogP contribution in [0.1, 0.15) is 16.1 Å². The summed E-state index contributed by atoms with van der Waals surface area (Å²) in [6.45, 7) is 2.01. The number of amides is 1. The number of hydrogen-bond donors (Lipinski definition) is 1. The van der Waals surface area contributed by atoms with Crippen molar-refractivity contribution in [3.8, 4) is 5.69 Å². The predicted molar refractivity (Wildman–Crippen MR) is 74.3 cm³/mol. The Hall–Kier alpha value is -2.62. The molecule has 1 amide bonds. The lowest BCUT2D eigenvalue weighted by Crippen LogP contribution is -2.16. The lowest BCUT2D eigenvalue weighted by molar-refractivity contribution is 0.0994. The molecule has 2 N–H and O–H groups in total. The van der Waals surface area contributed by atoms with Crippen LogP contribution in [0, 0.1) is 6.92 Å². The molecule has 0 aliphatic carbocycles. The fourth-order valence-electron chi connectivity index (χ4n) is 2.24. The largest absolute Gasteiger partial charge is 0.364 e. The Balaban J connectivity index is 2.38. The molecule has 0 spiro atoms. The van der Waals surface area contributed by atoms with Gasteiger partial charge in [0.1, 0.15) is 11.3 Å². The average molecular weight is 251 g/mol. The fourth-order valence-corrected chi connectivity index (χ4v) is 2.24. The summed E-state index contributed by atoms with van der Waals surface area (Å²) in [5, 5.41) is 0.901. The molecule has 0 aliphatic heterocycles. The van der Waals surface area contributed by atoms with Crippen molar-refractivity contribution in [1.82, 2.24) is 9.55 Å². The van der Waals surface area contributed by atoms with Gasteiger partial charge in [-0.3, -0.25) is 9.36 Å². The normalized spacial score (nSPS) is 10.8. The summed E-state index contributed by atoms with van der Waals surface area (Å²) in [5.74, 6) is -0.459. The van der Waals surface area contributed by atoms with Gasteiger partial charge >= 0.3 is 0 Å². The van der Waals surface area contributed by atoms with Gasteiger partial charge in [-0.15, -0.1) is 0 Å². The van der Waals surface area contributed by atoms with Gasteiger partial charge < -0.3 is 5.73 Å². The number of rotatable bonds is 2. The molecular formula is C15H13N3O. The van der Waals surface area contributed by atoms with Gasteiger partial charge in [0.2, 0.25) is 0 Å². The Morgan fingerprint density at radius 2 is 2.05 bits per heavy atom. The predicted octanol–water partition coefficient (Wildman–Crippen LogP) is 2.43. The number of hydrogen-bond acceptors (Lipinski definition) is 2. The highest BCUT2D eigenvalue weighted by molar-refractivity contribution is 5.98. The highest BCUT2D eigenvalue weighted by atomic mass is 16.1. The molecule has 0 saturated carbocycles. The average Bonchev–Trinajstić information content (AvgIpc) is 2.78. The third-order valence-corrected chi connectivity index (χ3v) is 3.07. The highest BCUT2D eigenvalue weighted by Crippen LogP contribution is 2.23.